The fourth-order valence-electron chi connectivity index (χ4n) is 2.39. The van der Waals surface area contributed by atoms with E-state index in [1.165, 1.54) is 0 Å². The monoisotopic (exact) mass is 346 g/mol. The van der Waals surface area contributed by atoms with Gasteiger partial charge in [-0.05, 0) is 42.0 Å². The van der Waals surface area contributed by atoms with E-state index < -0.39 is 0 Å². The first-order chi connectivity index (χ1) is 11.3. The van der Waals surface area contributed by atoms with Crippen LogP contribution in [0.25, 0.3) is 0 Å². The summed E-state index contributed by atoms with van der Waals surface area (Å²) in [6.07, 6.45) is 0.711. The molecule has 0 spiro atoms. The van der Waals surface area contributed by atoms with E-state index in [1.807, 2.05) is 48.5 Å². The number of nitrogens with one attached hydrogen (secondary N) is 1. The Bertz CT molecular complexity index is 714. The van der Waals surface area contributed by atoms with Gasteiger partial charge in [-0.1, -0.05) is 17.2 Å². The molecule has 2 aromatic rings. The molecule has 1 atom stereocenters. The summed E-state index contributed by atoms with van der Waals surface area (Å²) in [5.41, 5.74) is 2.31. The highest BCUT2D eigenvalue weighted by atomic mass is 35.5. The van der Waals surface area contributed by atoms with Crippen LogP contribution in [0.15, 0.2) is 64.1 Å². The number of nitrogens with zero attached hydrogens (tertiary/aromatic N) is 3. The van der Waals surface area contributed by atoms with Gasteiger partial charge in [-0.15, -0.1) is 5.01 Å². The van der Waals surface area contributed by atoms with Crippen molar-refractivity contribution >= 4 is 5.84 Å². The standard InChI is InChI=1S/C17H18N4O2.ClH/c1-22-15-7-3-13(4-8-15)11-17-18-19-20-21(17)12-14-5-9-16(23-2)10-6-14;/h3-10H,11-12H2,1-2H3;1H. The summed E-state index contributed by atoms with van der Waals surface area (Å²) in [5, 5.41) is 13.1. The molecule has 126 valence electrons. The van der Waals surface area contributed by atoms with Crippen molar-refractivity contribution in [1.82, 2.24) is 0 Å². The maximum atomic E-state index is 5.18. The summed E-state index contributed by atoms with van der Waals surface area (Å²) in [4.78, 5) is 0. The Morgan fingerprint density at radius 1 is 0.833 bits per heavy atom. The van der Waals surface area contributed by atoms with Gasteiger partial charge in [-0.2, -0.15) is 0 Å². The minimum Gasteiger partial charge on any atom is -1.00 e. The molecular weight excluding hydrogens is 328 g/mol. The van der Waals surface area contributed by atoms with Crippen LogP contribution in [0.4, 0.5) is 0 Å². The van der Waals surface area contributed by atoms with E-state index in [2.05, 4.69) is 15.5 Å². The van der Waals surface area contributed by atoms with E-state index in [0.29, 0.717) is 13.0 Å². The predicted octanol–water partition coefficient (Wildman–Crippen LogP) is -0.970. The molecule has 0 fully saturated rings. The smallest absolute Gasteiger partial charge is 0.255 e. The molecule has 2 aromatic carbocycles. The minimum absolute atomic E-state index is 0. The normalized spacial score (nSPS) is 15.6. The zero-order valence-electron chi connectivity index (χ0n) is 13.6. The van der Waals surface area contributed by atoms with Gasteiger partial charge in [-0.3, -0.25) is 0 Å². The molecule has 1 heterocycles. The number of halogens is 1. The Kier molecular flexibility index (Phi) is 6.28. The van der Waals surface area contributed by atoms with Crippen molar-refractivity contribution in [2.45, 2.75) is 13.0 Å². The van der Waals surface area contributed by atoms with E-state index in [9.17, 15) is 0 Å². The van der Waals surface area contributed by atoms with Gasteiger partial charge >= 0.3 is 0 Å². The number of methoxy groups -OCH3 is 2. The average Bonchev–Trinajstić information content (AvgIpc) is 3.03. The summed E-state index contributed by atoms with van der Waals surface area (Å²) in [6, 6.07) is 15.9. The van der Waals surface area contributed by atoms with Gasteiger partial charge in [0.05, 0.1) is 25.9 Å². The molecule has 0 aromatic heterocycles. The first-order valence-electron chi connectivity index (χ1n) is 7.38. The second kappa shape index (κ2) is 8.42. The van der Waals surface area contributed by atoms with Gasteiger partial charge in [0, 0.05) is 10.8 Å². The summed E-state index contributed by atoms with van der Waals surface area (Å²) in [5.74, 6) is 2.60. The second-order valence-corrected chi connectivity index (χ2v) is 5.23. The third kappa shape index (κ3) is 4.31. The van der Waals surface area contributed by atoms with Crippen LogP contribution in [0.3, 0.4) is 0 Å². The topological polar surface area (TPSA) is 60.0 Å². The molecule has 0 saturated heterocycles. The molecule has 0 saturated carbocycles. The quantitative estimate of drug-likeness (QED) is 0.731. The lowest BCUT2D eigenvalue weighted by atomic mass is 10.1. The fraction of sp³-hybridized carbons (Fsp3) is 0.235. The maximum absolute atomic E-state index is 5.18. The van der Waals surface area contributed by atoms with Crippen LogP contribution in [0.1, 0.15) is 11.1 Å². The molecule has 7 heteroatoms. The summed E-state index contributed by atoms with van der Waals surface area (Å²) in [6.45, 7) is 0.711. The zero-order chi connectivity index (χ0) is 16.1. The van der Waals surface area contributed by atoms with Gasteiger partial charge in [-0.25, -0.2) is 0 Å². The largest absolute Gasteiger partial charge is 1.00 e. The van der Waals surface area contributed by atoms with Crippen LogP contribution in [0.5, 0.6) is 11.5 Å². The minimum atomic E-state index is 0. The van der Waals surface area contributed by atoms with Crippen molar-refractivity contribution in [3.05, 3.63) is 59.7 Å². The van der Waals surface area contributed by atoms with Crippen LogP contribution in [-0.4, -0.2) is 20.1 Å². The third-order valence-electron chi connectivity index (χ3n) is 3.73. The molecule has 24 heavy (non-hydrogen) atoms. The fourth-order valence-corrected chi connectivity index (χ4v) is 2.39. The van der Waals surface area contributed by atoms with Crippen LogP contribution < -0.4 is 26.9 Å². The molecule has 0 amide bonds. The van der Waals surface area contributed by atoms with Gasteiger partial charge in [0.1, 0.15) is 18.0 Å². The third-order valence-corrected chi connectivity index (χ3v) is 3.73. The Morgan fingerprint density at radius 2 is 1.38 bits per heavy atom. The van der Waals surface area contributed by atoms with Crippen molar-refractivity contribution in [3.8, 4) is 11.5 Å². The molecule has 0 aliphatic carbocycles. The van der Waals surface area contributed by atoms with Crippen molar-refractivity contribution in [3.63, 3.8) is 0 Å². The van der Waals surface area contributed by atoms with Crippen molar-refractivity contribution < 1.29 is 26.9 Å². The van der Waals surface area contributed by atoms with Gasteiger partial charge in [0.2, 0.25) is 0 Å². The molecule has 1 aliphatic rings. The number of ether oxygens (including phenoxy) is 2. The van der Waals surface area contributed by atoms with Crippen LogP contribution >= 0.6 is 0 Å². The maximum Gasteiger partial charge on any atom is 0.255 e. The Balaban J connectivity index is 0.00000208. The van der Waals surface area contributed by atoms with Gasteiger partial charge in [0.15, 0.2) is 0 Å². The number of rotatable bonds is 6. The molecule has 1 unspecified atom stereocenters. The van der Waals surface area contributed by atoms with Crippen molar-refractivity contribution in [2.75, 3.05) is 14.2 Å². The number of hydrogen-bond donors (Lipinski definition) is 1. The van der Waals surface area contributed by atoms with Crippen molar-refractivity contribution in [1.29, 1.82) is 0 Å². The van der Waals surface area contributed by atoms with Gasteiger partial charge in [0.25, 0.3) is 5.84 Å². The Labute approximate surface area is 147 Å². The number of quaternary nitrogens is 1. The first-order valence-corrected chi connectivity index (χ1v) is 7.38. The Hall–Kier alpha value is -2.44. The second-order valence-electron chi connectivity index (χ2n) is 5.23. The molecular formula is C17H19ClN4O2. The summed E-state index contributed by atoms with van der Waals surface area (Å²) < 4.78 is 10.4. The lowest BCUT2D eigenvalue weighted by Crippen LogP contribution is -3.08. The number of amidine groups is 1. The molecule has 0 radical (unpaired) electrons. The molecule has 6 nitrogen and oxygen atoms in total. The van der Waals surface area contributed by atoms with Crippen molar-refractivity contribution in [2.24, 2.45) is 15.5 Å². The van der Waals surface area contributed by atoms with E-state index in [-0.39, 0.29) is 12.4 Å². The molecule has 1 N–H and O–H groups in total. The molecule has 3 rings (SSSR count). The Morgan fingerprint density at radius 3 is 1.92 bits per heavy atom. The summed E-state index contributed by atoms with van der Waals surface area (Å²) >= 11 is 0. The predicted molar refractivity (Wildman–Crippen MR) is 86.6 cm³/mol. The number of hydrogen-bond acceptors (Lipinski definition) is 5. The highest BCUT2D eigenvalue weighted by Crippen LogP contribution is 2.13. The van der Waals surface area contributed by atoms with E-state index >= 15 is 0 Å². The highest BCUT2D eigenvalue weighted by molar-refractivity contribution is 5.76. The lowest BCUT2D eigenvalue weighted by Gasteiger charge is -2.09. The van der Waals surface area contributed by atoms with Crippen LogP contribution in [0.2, 0.25) is 0 Å². The lowest BCUT2D eigenvalue weighted by molar-refractivity contribution is -0.830. The average molecular weight is 347 g/mol. The van der Waals surface area contributed by atoms with E-state index in [4.69, 9.17) is 9.47 Å². The zero-order valence-corrected chi connectivity index (χ0v) is 14.3. The number of benzene rings is 2. The molecule has 1 aliphatic heterocycles. The van der Waals surface area contributed by atoms with Crippen LogP contribution in [0, 0.1) is 0 Å². The van der Waals surface area contributed by atoms with E-state index in [0.717, 1.165) is 33.5 Å². The SMILES string of the molecule is COc1ccc(CC2=NN=N[NH+]2Cc2ccc(OC)cc2)cc1.[Cl-]. The van der Waals surface area contributed by atoms with E-state index in [1.54, 1.807) is 14.2 Å². The van der Waals surface area contributed by atoms with Crippen LogP contribution in [-0.2, 0) is 13.0 Å². The molecule has 0 bridgehead atoms. The van der Waals surface area contributed by atoms with Gasteiger partial charge < -0.3 is 21.9 Å². The highest BCUT2D eigenvalue weighted by Gasteiger charge is 2.23. The first kappa shape index (κ1) is 17.9. The summed E-state index contributed by atoms with van der Waals surface area (Å²) in [7, 11) is 3.32.